The Hall–Kier alpha value is -3.23. The van der Waals surface area contributed by atoms with E-state index >= 15 is 0 Å². The van der Waals surface area contributed by atoms with E-state index in [4.69, 9.17) is 21.1 Å². The summed E-state index contributed by atoms with van der Waals surface area (Å²) >= 11 is 6.25. The first-order chi connectivity index (χ1) is 14.4. The van der Waals surface area contributed by atoms with Crippen LogP contribution >= 0.6 is 11.6 Å². The fraction of sp³-hybridized carbons (Fsp3) is 0.0952. The molecule has 0 amide bonds. The van der Waals surface area contributed by atoms with E-state index in [0.717, 1.165) is 5.56 Å². The van der Waals surface area contributed by atoms with Gasteiger partial charge in [0.1, 0.15) is 22.2 Å². The molecule has 0 bridgehead atoms. The molecular formula is C21H18ClN3O4S. The minimum atomic E-state index is -3.92. The number of imidazole rings is 1. The number of benzene rings is 3. The molecule has 4 aromatic rings. The lowest BCUT2D eigenvalue weighted by molar-refractivity contribution is 0.392. The van der Waals surface area contributed by atoms with Crippen molar-refractivity contribution in [1.82, 2.24) is 9.97 Å². The number of anilines is 1. The van der Waals surface area contributed by atoms with E-state index in [-0.39, 0.29) is 10.6 Å². The summed E-state index contributed by atoms with van der Waals surface area (Å²) in [5.41, 5.74) is 2.50. The highest BCUT2D eigenvalue weighted by atomic mass is 35.5. The number of halogens is 1. The molecule has 0 fully saturated rings. The number of hydrogen-bond donors (Lipinski definition) is 2. The lowest BCUT2D eigenvalue weighted by Gasteiger charge is -2.12. The van der Waals surface area contributed by atoms with Gasteiger partial charge in [0.25, 0.3) is 10.0 Å². The molecule has 0 saturated carbocycles. The number of fused-ring (bicyclic) bond motifs is 1. The topological polar surface area (TPSA) is 93.3 Å². The predicted octanol–water partition coefficient (Wildman–Crippen LogP) is 4.70. The molecular weight excluding hydrogens is 426 g/mol. The predicted molar refractivity (Wildman–Crippen MR) is 117 cm³/mol. The van der Waals surface area contributed by atoms with Gasteiger partial charge in [-0.05, 0) is 42.5 Å². The van der Waals surface area contributed by atoms with Gasteiger partial charge in [0.2, 0.25) is 0 Å². The van der Waals surface area contributed by atoms with Gasteiger partial charge < -0.3 is 14.5 Å². The van der Waals surface area contributed by atoms with Crippen LogP contribution in [0.15, 0.2) is 65.6 Å². The second-order valence-corrected chi connectivity index (χ2v) is 8.48. The number of nitrogens with zero attached hydrogens (tertiary/aromatic N) is 1. The number of aromatic nitrogens is 2. The summed E-state index contributed by atoms with van der Waals surface area (Å²) < 4.78 is 38.8. The molecule has 154 valence electrons. The second-order valence-electron chi connectivity index (χ2n) is 6.42. The van der Waals surface area contributed by atoms with Crippen LogP contribution in [0.4, 0.5) is 5.69 Å². The van der Waals surface area contributed by atoms with E-state index in [0.29, 0.717) is 33.3 Å². The fourth-order valence-electron chi connectivity index (χ4n) is 3.06. The summed E-state index contributed by atoms with van der Waals surface area (Å²) in [5.74, 6) is 1.22. The van der Waals surface area contributed by atoms with Crippen molar-refractivity contribution >= 4 is 38.3 Å². The minimum absolute atomic E-state index is 0.0224. The molecule has 0 aliphatic carbocycles. The van der Waals surface area contributed by atoms with Gasteiger partial charge in [-0.15, -0.1) is 0 Å². The Bertz CT molecular complexity index is 1340. The second kappa shape index (κ2) is 7.89. The molecule has 0 atom stereocenters. The van der Waals surface area contributed by atoms with E-state index in [1.165, 1.54) is 20.3 Å². The number of sulfonamides is 1. The Morgan fingerprint density at radius 2 is 1.80 bits per heavy atom. The number of hydrogen-bond acceptors (Lipinski definition) is 5. The fourth-order valence-corrected chi connectivity index (χ4v) is 4.52. The molecule has 4 rings (SSSR count). The van der Waals surface area contributed by atoms with Gasteiger partial charge in [-0.3, -0.25) is 4.72 Å². The highest BCUT2D eigenvalue weighted by Crippen LogP contribution is 2.31. The number of H-pyrrole nitrogens is 1. The Morgan fingerprint density at radius 1 is 1.00 bits per heavy atom. The van der Waals surface area contributed by atoms with E-state index in [1.807, 2.05) is 18.2 Å². The summed E-state index contributed by atoms with van der Waals surface area (Å²) in [7, 11) is -1.04. The molecule has 0 unspecified atom stereocenters. The monoisotopic (exact) mass is 443 g/mol. The molecule has 7 nitrogen and oxygen atoms in total. The zero-order valence-electron chi connectivity index (χ0n) is 16.1. The SMILES string of the molecule is COc1ccc(OC)c(S(=O)(=O)Nc2ccc3nc(-c4ccccc4Cl)[nH]c3c2)c1. The summed E-state index contributed by atoms with van der Waals surface area (Å²) in [6.45, 7) is 0. The van der Waals surface area contributed by atoms with Crippen LogP contribution in [0.5, 0.6) is 11.5 Å². The number of aromatic amines is 1. The molecule has 0 saturated heterocycles. The van der Waals surface area contributed by atoms with Gasteiger partial charge >= 0.3 is 0 Å². The van der Waals surface area contributed by atoms with Gasteiger partial charge in [-0.1, -0.05) is 23.7 Å². The number of ether oxygens (including phenoxy) is 2. The van der Waals surface area contributed by atoms with E-state index in [1.54, 1.807) is 36.4 Å². The largest absolute Gasteiger partial charge is 0.497 e. The maximum absolute atomic E-state index is 13.0. The molecule has 9 heteroatoms. The quantitative estimate of drug-likeness (QED) is 0.450. The molecule has 0 aliphatic heterocycles. The maximum atomic E-state index is 13.0. The van der Waals surface area contributed by atoms with E-state index in [9.17, 15) is 8.42 Å². The molecule has 0 radical (unpaired) electrons. The van der Waals surface area contributed by atoms with E-state index in [2.05, 4.69) is 14.7 Å². The first-order valence-electron chi connectivity index (χ1n) is 8.91. The van der Waals surface area contributed by atoms with Gasteiger partial charge in [-0.25, -0.2) is 13.4 Å². The van der Waals surface area contributed by atoms with Crippen molar-refractivity contribution in [3.8, 4) is 22.9 Å². The zero-order valence-corrected chi connectivity index (χ0v) is 17.7. The molecule has 0 aliphatic rings. The maximum Gasteiger partial charge on any atom is 0.265 e. The van der Waals surface area contributed by atoms with Crippen molar-refractivity contribution in [2.75, 3.05) is 18.9 Å². The highest BCUT2D eigenvalue weighted by molar-refractivity contribution is 7.92. The van der Waals surface area contributed by atoms with Gasteiger partial charge in [0.05, 0.1) is 36.0 Å². The smallest absolute Gasteiger partial charge is 0.265 e. The van der Waals surface area contributed by atoms with Crippen LogP contribution in [0.25, 0.3) is 22.4 Å². The molecule has 1 heterocycles. The van der Waals surface area contributed by atoms with Gasteiger partial charge in [0, 0.05) is 11.6 Å². The van der Waals surface area contributed by atoms with Crippen molar-refractivity contribution in [2.45, 2.75) is 4.90 Å². The standard InChI is InChI=1S/C21H18ClN3O4S/c1-28-14-8-10-19(29-2)20(12-14)30(26,27)25-13-7-9-17-18(11-13)24-21(23-17)15-5-3-4-6-16(15)22/h3-12,25H,1-2H3,(H,23,24). The third-order valence-corrected chi connectivity index (χ3v) is 6.26. The molecule has 30 heavy (non-hydrogen) atoms. The number of methoxy groups -OCH3 is 2. The third kappa shape index (κ3) is 3.79. The highest BCUT2D eigenvalue weighted by Gasteiger charge is 2.21. The lowest BCUT2D eigenvalue weighted by atomic mass is 10.2. The van der Waals surface area contributed by atoms with Crippen LogP contribution in [0.1, 0.15) is 0 Å². The Labute approximate surface area is 178 Å². The van der Waals surface area contributed by atoms with Crippen LogP contribution in [0.3, 0.4) is 0 Å². The number of nitrogens with one attached hydrogen (secondary N) is 2. The van der Waals surface area contributed by atoms with Gasteiger partial charge in [0.15, 0.2) is 0 Å². The first-order valence-corrected chi connectivity index (χ1v) is 10.8. The average Bonchev–Trinajstić information content (AvgIpc) is 3.16. The normalized spacial score (nSPS) is 11.4. The molecule has 1 aromatic heterocycles. The summed E-state index contributed by atoms with van der Waals surface area (Å²) in [6, 6.07) is 17.0. The van der Waals surface area contributed by atoms with Crippen LogP contribution in [0, 0.1) is 0 Å². The van der Waals surface area contributed by atoms with Crippen molar-refractivity contribution in [1.29, 1.82) is 0 Å². The molecule has 3 aromatic carbocycles. The summed E-state index contributed by atoms with van der Waals surface area (Å²) in [5, 5.41) is 0.572. The Kier molecular flexibility index (Phi) is 5.27. The third-order valence-electron chi connectivity index (χ3n) is 4.52. The first kappa shape index (κ1) is 20.1. The van der Waals surface area contributed by atoms with Crippen LogP contribution in [-0.2, 0) is 10.0 Å². The Morgan fingerprint density at radius 3 is 2.53 bits per heavy atom. The van der Waals surface area contributed by atoms with Crippen molar-refractivity contribution in [3.63, 3.8) is 0 Å². The average molecular weight is 444 g/mol. The van der Waals surface area contributed by atoms with Crippen LogP contribution in [0.2, 0.25) is 5.02 Å². The molecule has 0 spiro atoms. The minimum Gasteiger partial charge on any atom is -0.497 e. The molecule has 2 N–H and O–H groups in total. The zero-order chi connectivity index (χ0) is 21.3. The van der Waals surface area contributed by atoms with Crippen molar-refractivity contribution < 1.29 is 17.9 Å². The van der Waals surface area contributed by atoms with E-state index < -0.39 is 10.0 Å². The number of rotatable bonds is 6. The summed E-state index contributed by atoms with van der Waals surface area (Å²) in [4.78, 5) is 7.70. The van der Waals surface area contributed by atoms with Crippen molar-refractivity contribution in [2.24, 2.45) is 0 Å². The van der Waals surface area contributed by atoms with Gasteiger partial charge in [-0.2, -0.15) is 0 Å². The lowest BCUT2D eigenvalue weighted by Crippen LogP contribution is -2.14. The summed E-state index contributed by atoms with van der Waals surface area (Å²) in [6.07, 6.45) is 0. The Balaban J connectivity index is 1.70. The van der Waals surface area contributed by atoms with Crippen molar-refractivity contribution in [3.05, 3.63) is 65.7 Å². The van der Waals surface area contributed by atoms with Crippen LogP contribution < -0.4 is 14.2 Å². The van der Waals surface area contributed by atoms with Crippen LogP contribution in [-0.4, -0.2) is 32.6 Å².